The van der Waals surface area contributed by atoms with Crippen LogP contribution in [0.15, 0.2) is 30.3 Å². The minimum absolute atomic E-state index is 0.149. The smallest absolute Gasteiger partial charge is 0.345 e. The van der Waals surface area contributed by atoms with Crippen molar-refractivity contribution in [3.8, 4) is 0 Å². The second kappa shape index (κ2) is 7.70. The van der Waals surface area contributed by atoms with E-state index < -0.39 is 12.2 Å². The molecule has 2 amide bonds. The monoisotopic (exact) mass is 443 g/mol. The number of nitrogens with one attached hydrogen (secondary N) is 2. The highest BCUT2D eigenvalue weighted by molar-refractivity contribution is 5.99. The molecule has 2 aromatic heterocycles. The van der Waals surface area contributed by atoms with Crippen molar-refractivity contribution in [2.75, 3.05) is 20.2 Å². The highest BCUT2D eigenvalue weighted by Crippen LogP contribution is 2.42. The molecule has 0 atom stereocenters. The normalized spacial score (nSPS) is 16.9. The minimum atomic E-state index is -2.88. The van der Waals surface area contributed by atoms with E-state index in [1.807, 2.05) is 30.3 Å². The molecule has 1 aliphatic heterocycles. The lowest BCUT2D eigenvalue weighted by Crippen LogP contribution is -2.43. The molecule has 2 N–H and O–H groups in total. The molecule has 1 saturated carbocycles. The van der Waals surface area contributed by atoms with Crippen LogP contribution in [0.1, 0.15) is 45.1 Å². The molecule has 0 radical (unpaired) electrons. The first-order valence-corrected chi connectivity index (χ1v) is 10.5. The minimum Gasteiger partial charge on any atom is -0.351 e. The number of fused-ring (bicyclic) bond motifs is 2. The molecule has 3 aromatic rings. The maximum atomic E-state index is 13.2. The van der Waals surface area contributed by atoms with Crippen LogP contribution in [0.25, 0.3) is 10.9 Å². The highest BCUT2D eigenvalue weighted by Gasteiger charge is 2.50. The standard InChI is InChI=1S/C22H23F2N5O3/c1-28(22(7-8-22)12-32-21(23)24)20(31)18-14-11-29(9-6-16(14)26-27-18)19(30)17-10-13-4-2-3-5-15(13)25-17/h2-5,10,21,25H,6-9,11-12H2,1H3,(H,26,27). The Labute approximate surface area is 182 Å². The third kappa shape index (κ3) is 3.54. The molecule has 10 heteroatoms. The number of ether oxygens (including phenoxy) is 1. The number of aromatic amines is 2. The largest absolute Gasteiger partial charge is 0.351 e. The van der Waals surface area contributed by atoms with Gasteiger partial charge >= 0.3 is 6.61 Å². The Hall–Kier alpha value is -3.27. The zero-order valence-electron chi connectivity index (χ0n) is 17.5. The fraction of sp³-hybridized carbons (Fsp3) is 0.409. The van der Waals surface area contributed by atoms with Gasteiger partial charge in [0.25, 0.3) is 11.8 Å². The number of carbonyl (C=O) groups excluding carboxylic acids is 2. The van der Waals surface area contributed by atoms with Crippen LogP contribution >= 0.6 is 0 Å². The summed E-state index contributed by atoms with van der Waals surface area (Å²) >= 11 is 0. The summed E-state index contributed by atoms with van der Waals surface area (Å²) in [6.45, 7) is -2.35. The lowest BCUT2D eigenvalue weighted by atomic mass is 10.0. The number of H-pyrrole nitrogens is 2. The van der Waals surface area contributed by atoms with E-state index in [2.05, 4.69) is 19.9 Å². The van der Waals surface area contributed by atoms with Gasteiger partial charge < -0.3 is 19.5 Å². The number of alkyl halides is 2. The van der Waals surface area contributed by atoms with E-state index in [-0.39, 0.29) is 30.7 Å². The predicted octanol–water partition coefficient (Wildman–Crippen LogP) is 2.93. The van der Waals surface area contributed by atoms with Gasteiger partial charge in [0.15, 0.2) is 5.69 Å². The lowest BCUT2D eigenvalue weighted by Gasteiger charge is -2.29. The Balaban J connectivity index is 1.34. The lowest BCUT2D eigenvalue weighted by molar-refractivity contribution is -0.141. The fourth-order valence-corrected chi connectivity index (χ4v) is 4.32. The Kier molecular flexibility index (Phi) is 4.96. The third-order valence-corrected chi connectivity index (χ3v) is 6.50. The van der Waals surface area contributed by atoms with E-state index in [4.69, 9.17) is 0 Å². The van der Waals surface area contributed by atoms with Gasteiger partial charge in [-0.3, -0.25) is 14.7 Å². The van der Waals surface area contributed by atoms with E-state index in [1.54, 1.807) is 11.9 Å². The molecule has 0 unspecified atom stereocenters. The van der Waals surface area contributed by atoms with Crippen LogP contribution in [0.2, 0.25) is 0 Å². The summed E-state index contributed by atoms with van der Waals surface area (Å²) in [5.74, 6) is -0.512. The summed E-state index contributed by atoms with van der Waals surface area (Å²) in [7, 11) is 1.58. The van der Waals surface area contributed by atoms with Crippen molar-refractivity contribution < 1.29 is 23.1 Å². The average Bonchev–Trinajstić information content (AvgIpc) is 3.27. The first-order valence-electron chi connectivity index (χ1n) is 10.5. The number of halogens is 2. The van der Waals surface area contributed by atoms with Crippen LogP contribution in [-0.4, -0.2) is 69.1 Å². The number of benzene rings is 1. The van der Waals surface area contributed by atoms with Gasteiger partial charge in [-0.25, -0.2) is 0 Å². The van der Waals surface area contributed by atoms with Crippen molar-refractivity contribution in [2.45, 2.75) is 38.0 Å². The fourth-order valence-electron chi connectivity index (χ4n) is 4.32. The van der Waals surface area contributed by atoms with Gasteiger partial charge in [-0.05, 0) is 25.0 Å². The van der Waals surface area contributed by atoms with Crippen molar-refractivity contribution >= 4 is 22.7 Å². The number of carbonyl (C=O) groups is 2. The van der Waals surface area contributed by atoms with Crippen LogP contribution in [0.5, 0.6) is 0 Å². The van der Waals surface area contributed by atoms with Crippen LogP contribution < -0.4 is 0 Å². The summed E-state index contributed by atoms with van der Waals surface area (Å²) in [6.07, 6.45) is 1.74. The van der Waals surface area contributed by atoms with Crippen molar-refractivity contribution in [3.63, 3.8) is 0 Å². The zero-order valence-corrected chi connectivity index (χ0v) is 17.5. The maximum Gasteiger partial charge on any atom is 0.345 e. The predicted molar refractivity (Wildman–Crippen MR) is 111 cm³/mol. The maximum absolute atomic E-state index is 13.2. The van der Waals surface area contributed by atoms with Gasteiger partial charge in [0.1, 0.15) is 5.69 Å². The topological polar surface area (TPSA) is 94.3 Å². The number of hydrogen-bond acceptors (Lipinski definition) is 4. The SMILES string of the molecule is CN(C(=O)c1n[nH]c2c1CN(C(=O)c1cc3ccccc3[nH]1)CC2)C1(COC(F)F)CC1. The average molecular weight is 443 g/mol. The van der Waals surface area contributed by atoms with Crippen LogP contribution in [0, 0.1) is 0 Å². The Morgan fingerprint density at radius 2 is 2.09 bits per heavy atom. The molecule has 1 aromatic carbocycles. The Bertz CT molecular complexity index is 1150. The summed E-state index contributed by atoms with van der Waals surface area (Å²) < 4.78 is 29.5. The van der Waals surface area contributed by atoms with Gasteiger partial charge in [-0.1, -0.05) is 18.2 Å². The molecule has 32 heavy (non-hydrogen) atoms. The quantitative estimate of drug-likeness (QED) is 0.613. The molecule has 2 aliphatic rings. The molecular weight excluding hydrogens is 420 g/mol. The number of likely N-dealkylation sites (N-methyl/N-ethyl adjacent to an activating group) is 1. The number of para-hydroxylation sites is 1. The number of amides is 2. The molecule has 0 saturated heterocycles. The van der Waals surface area contributed by atoms with Crippen LogP contribution in [0.3, 0.4) is 0 Å². The van der Waals surface area contributed by atoms with E-state index in [0.717, 1.165) is 16.6 Å². The molecule has 3 heterocycles. The second-order valence-electron chi connectivity index (χ2n) is 8.44. The third-order valence-electron chi connectivity index (χ3n) is 6.50. The molecular formula is C22H23F2N5O3. The molecule has 8 nitrogen and oxygen atoms in total. The molecule has 168 valence electrons. The van der Waals surface area contributed by atoms with Gasteiger partial charge in [0.2, 0.25) is 0 Å². The van der Waals surface area contributed by atoms with Gasteiger partial charge in [0.05, 0.1) is 18.7 Å². The second-order valence-corrected chi connectivity index (χ2v) is 8.44. The van der Waals surface area contributed by atoms with Gasteiger partial charge in [0, 0.05) is 42.2 Å². The molecule has 5 rings (SSSR count). The van der Waals surface area contributed by atoms with E-state index in [1.165, 1.54) is 4.90 Å². The number of rotatable bonds is 6. The first-order chi connectivity index (χ1) is 15.4. The van der Waals surface area contributed by atoms with Crippen molar-refractivity contribution in [3.05, 3.63) is 53.0 Å². The highest BCUT2D eigenvalue weighted by atomic mass is 19.3. The molecule has 1 fully saturated rings. The zero-order chi connectivity index (χ0) is 22.5. The van der Waals surface area contributed by atoms with Crippen LogP contribution in [-0.2, 0) is 17.7 Å². The van der Waals surface area contributed by atoms with Crippen molar-refractivity contribution in [1.29, 1.82) is 0 Å². The van der Waals surface area contributed by atoms with Gasteiger partial charge in [-0.15, -0.1) is 0 Å². The van der Waals surface area contributed by atoms with E-state index in [9.17, 15) is 18.4 Å². The molecule has 0 spiro atoms. The molecule has 0 bridgehead atoms. The van der Waals surface area contributed by atoms with Crippen molar-refractivity contribution in [1.82, 2.24) is 25.0 Å². The van der Waals surface area contributed by atoms with Crippen molar-refractivity contribution in [2.24, 2.45) is 0 Å². The summed E-state index contributed by atoms with van der Waals surface area (Å²) in [6, 6.07) is 9.48. The van der Waals surface area contributed by atoms with Gasteiger partial charge in [-0.2, -0.15) is 13.9 Å². The van der Waals surface area contributed by atoms with E-state index in [0.29, 0.717) is 37.1 Å². The molecule has 1 aliphatic carbocycles. The number of aromatic nitrogens is 3. The summed E-state index contributed by atoms with van der Waals surface area (Å²) in [4.78, 5) is 32.6. The summed E-state index contributed by atoms with van der Waals surface area (Å²) in [5.41, 5.74) is 2.35. The van der Waals surface area contributed by atoms with Crippen LogP contribution in [0.4, 0.5) is 8.78 Å². The van der Waals surface area contributed by atoms with E-state index >= 15 is 0 Å². The summed E-state index contributed by atoms with van der Waals surface area (Å²) in [5, 5.41) is 8.07. The number of hydrogen-bond donors (Lipinski definition) is 2. The first kappa shape index (κ1) is 20.6. The Morgan fingerprint density at radius 3 is 2.81 bits per heavy atom. The Morgan fingerprint density at radius 1 is 1.31 bits per heavy atom. The number of nitrogens with zero attached hydrogens (tertiary/aromatic N) is 3.